The second-order valence-corrected chi connectivity index (χ2v) is 10.3. The first-order valence-electron chi connectivity index (χ1n) is 14.3. The Morgan fingerprint density at radius 3 is 2.03 bits per heavy atom. The molecule has 3 aromatic carbocycles. The summed E-state index contributed by atoms with van der Waals surface area (Å²) in [5, 5.41) is 0. The summed E-state index contributed by atoms with van der Waals surface area (Å²) in [5.74, 6) is -2.37. The molecular weight excluding hydrogens is 501 g/mol. The van der Waals surface area contributed by atoms with Crippen molar-refractivity contribution in [3.8, 4) is 28.0 Å². The van der Waals surface area contributed by atoms with E-state index in [1.807, 2.05) is 6.07 Å². The lowest BCUT2D eigenvalue weighted by Crippen LogP contribution is -2.30. The van der Waals surface area contributed by atoms with Gasteiger partial charge in [-0.3, -0.25) is 0 Å². The largest absolute Gasteiger partial charge is 0.490 e. The molecule has 0 unspecified atom stereocenters. The SMILES string of the molecule is CCCCCCCCOc1ccc(-c2ccc(-c3ccc(C4COC(CCC)OC4)cc3F)cc2)c(F)c1F. The van der Waals surface area contributed by atoms with Crippen molar-refractivity contribution in [3.05, 3.63) is 77.6 Å². The van der Waals surface area contributed by atoms with Gasteiger partial charge in [0.15, 0.2) is 17.9 Å². The third-order valence-electron chi connectivity index (χ3n) is 7.26. The van der Waals surface area contributed by atoms with Gasteiger partial charge >= 0.3 is 0 Å². The molecule has 0 aromatic heterocycles. The van der Waals surface area contributed by atoms with Gasteiger partial charge in [0.1, 0.15) is 5.82 Å². The molecule has 1 saturated heterocycles. The molecule has 3 nitrogen and oxygen atoms in total. The van der Waals surface area contributed by atoms with Crippen LogP contribution in [-0.2, 0) is 9.47 Å². The van der Waals surface area contributed by atoms with Crippen molar-refractivity contribution in [1.29, 1.82) is 0 Å². The van der Waals surface area contributed by atoms with Gasteiger partial charge in [0, 0.05) is 17.0 Å². The van der Waals surface area contributed by atoms with Gasteiger partial charge in [-0.15, -0.1) is 0 Å². The standard InChI is InChI=1S/C33H39F3O3/c1-3-5-6-7-8-9-19-37-30-18-17-28(32(35)33(30)36)24-13-11-23(12-14-24)27-16-15-25(20-29(27)34)26-21-38-31(10-4-2)39-22-26/h11-18,20,26,31H,3-10,19,21-22H2,1-2H3. The van der Waals surface area contributed by atoms with Crippen molar-refractivity contribution < 1.29 is 27.4 Å². The van der Waals surface area contributed by atoms with Crippen molar-refractivity contribution in [3.63, 3.8) is 0 Å². The van der Waals surface area contributed by atoms with E-state index in [2.05, 4.69) is 13.8 Å². The fraction of sp³-hybridized carbons (Fsp3) is 0.455. The Morgan fingerprint density at radius 2 is 1.36 bits per heavy atom. The minimum atomic E-state index is -0.985. The van der Waals surface area contributed by atoms with Crippen molar-refractivity contribution in [2.24, 2.45) is 0 Å². The molecule has 3 aromatic rings. The number of rotatable bonds is 13. The van der Waals surface area contributed by atoms with Crippen LogP contribution in [0.1, 0.15) is 76.7 Å². The van der Waals surface area contributed by atoms with Gasteiger partial charge < -0.3 is 14.2 Å². The molecule has 1 aliphatic rings. The zero-order valence-electron chi connectivity index (χ0n) is 23.0. The molecule has 39 heavy (non-hydrogen) atoms. The Kier molecular flexibility index (Phi) is 10.9. The molecule has 1 fully saturated rings. The Bertz CT molecular complexity index is 1190. The lowest BCUT2D eigenvalue weighted by molar-refractivity contribution is -0.189. The molecule has 4 rings (SSSR count). The molecule has 0 aliphatic carbocycles. The van der Waals surface area contributed by atoms with Crippen LogP contribution in [0.2, 0.25) is 0 Å². The van der Waals surface area contributed by atoms with Crippen LogP contribution in [0.4, 0.5) is 13.2 Å². The maximum atomic E-state index is 15.1. The van der Waals surface area contributed by atoms with Crippen LogP contribution >= 0.6 is 0 Å². The van der Waals surface area contributed by atoms with E-state index in [4.69, 9.17) is 14.2 Å². The van der Waals surface area contributed by atoms with E-state index in [0.29, 0.717) is 36.5 Å². The first kappa shape index (κ1) is 29.2. The number of halogens is 3. The molecule has 0 spiro atoms. The molecule has 0 saturated carbocycles. The zero-order valence-corrected chi connectivity index (χ0v) is 23.0. The van der Waals surface area contributed by atoms with Gasteiger partial charge in [-0.1, -0.05) is 88.8 Å². The maximum Gasteiger partial charge on any atom is 0.201 e. The third kappa shape index (κ3) is 7.64. The molecule has 0 bridgehead atoms. The van der Waals surface area contributed by atoms with E-state index in [1.165, 1.54) is 37.5 Å². The van der Waals surface area contributed by atoms with E-state index in [-0.39, 0.29) is 29.3 Å². The second kappa shape index (κ2) is 14.5. The van der Waals surface area contributed by atoms with Crippen LogP contribution in [0.25, 0.3) is 22.3 Å². The fourth-order valence-corrected chi connectivity index (χ4v) is 4.92. The molecule has 0 amide bonds. The summed E-state index contributed by atoms with van der Waals surface area (Å²) in [6, 6.07) is 14.9. The van der Waals surface area contributed by atoms with Gasteiger partial charge in [0.05, 0.1) is 19.8 Å². The highest BCUT2D eigenvalue weighted by Crippen LogP contribution is 2.33. The monoisotopic (exact) mass is 540 g/mol. The summed E-state index contributed by atoms with van der Waals surface area (Å²) in [6.45, 7) is 5.62. The summed E-state index contributed by atoms with van der Waals surface area (Å²) in [5.41, 5.74) is 2.58. The predicted molar refractivity (Wildman–Crippen MR) is 149 cm³/mol. The molecule has 0 radical (unpaired) electrons. The Hall–Kier alpha value is -2.83. The number of ether oxygens (including phenoxy) is 3. The number of hydrogen-bond donors (Lipinski definition) is 0. The van der Waals surface area contributed by atoms with E-state index >= 15 is 4.39 Å². The van der Waals surface area contributed by atoms with E-state index < -0.39 is 11.6 Å². The van der Waals surface area contributed by atoms with Gasteiger partial charge in [0.2, 0.25) is 5.82 Å². The van der Waals surface area contributed by atoms with E-state index in [1.54, 1.807) is 30.3 Å². The van der Waals surface area contributed by atoms with Crippen molar-refractivity contribution in [2.45, 2.75) is 77.4 Å². The predicted octanol–water partition coefficient (Wildman–Crippen LogP) is 9.43. The summed E-state index contributed by atoms with van der Waals surface area (Å²) in [4.78, 5) is 0. The second-order valence-electron chi connectivity index (χ2n) is 10.3. The van der Waals surface area contributed by atoms with Gasteiger partial charge in [0.25, 0.3) is 0 Å². The third-order valence-corrected chi connectivity index (χ3v) is 7.26. The van der Waals surface area contributed by atoms with Crippen LogP contribution in [0.5, 0.6) is 5.75 Å². The Balaban J connectivity index is 1.38. The summed E-state index contributed by atoms with van der Waals surface area (Å²) >= 11 is 0. The maximum absolute atomic E-state index is 15.1. The number of hydrogen-bond acceptors (Lipinski definition) is 3. The zero-order chi connectivity index (χ0) is 27.6. The van der Waals surface area contributed by atoms with Gasteiger partial charge in [-0.25, -0.2) is 8.78 Å². The van der Waals surface area contributed by atoms with E-state index in [0.717, 1.165) is 37.7 Å². The van der Waals surface area contributed by atoms with E-state index in [9.17, 15) is 8.78 Å². The first-order chi connectivity index (χ1) is 19.0. The molecule has 6 heteroatoms. The number of benzene rings is 3. The van der Waals surface area contributed by atoms with Crippen LogP contribution in [0.3, 0.4) is 0 Å². The Labute approximate surface area is 230 Å². The molecule has 210 valence electrons. The van der Waals surface area contributed by atoms with Crippen LogP contribution in [0.15, 0.2) is 54.6 Å². The highest BCUT2D eigenvalue weighted by Gasteiger charge is 2.24. The van der Waals surface area contributed by atoms with Gasteiger partial charge in [-0.05, 0) is 47.7 Å². The lowest BCUT2D eigenvalue weighted by Gasteiger charge is -2.29. The molecular formula is C33H39F3O3. The normalized spacial score (nSPS) is 17.4. The van der Waals surface area contributed by atoms with Crippen LogP contribution < -0.4 is 4.74 Å². The molecule has 1 heterocycles. The van der Waals surface area contributed by atoms with Crippen LogP contribution in [-0.4, -0.2) is 26.1 Å². The first-order valence-corrected chi connectivity index (χ1v) is 14.3. The van der Waals surface area contributed by atoms with Crippen molar-refractivity contribution in [2.75, 3.05) is 19.8 Å². The minimum absolute atomic E-state index is 0.0142. The van der Waals surface area contributed by atoms with Crippen molar-refractivity contribution in [1.82, 2.24) is 0 Å². The highest BCUT2D eigenvalue weighted by atomic mass is 19.2. The Morgan fingerprint density at radius 1 is 0.718 bits per heavy atom. The average molecular weight is 541 g/mol. The number of unbranched alkanes of at least 4 members (excludes halogenated alkanes) is 5. The quantitative estimate of drug-likeness (QED) is 0.202. The summed E-state index contributed by atoms with van der Waals surface area (Å²) < 4.78 is 61.7. The molecule has 0 atom stereocenters. The van der Waals surface area contributed by atoms with Gasteiger partial charge in [-0.2, -0.15) is 4.39 Å². The summed E-state index contributed by atoms with van der Waals surface area (Å²) in [6.07, 6.45) is 8.20. The lowest BCUT2D eigenvalue weighted by atomic mass is 9.95. The fourth-order valence-electron chi connectivity index (χ4n) is 4.92. The minimum Gasteiger partial charge on any atom is -0.490 e. The smallest absolute Gasteiger partial charge is 0.201 e. The summed E-state index contributed by atoms with van der Waals surface area (Å²) in [7, 11) is 0. The topological polar surface area (TPSA) is 27.7 Å². The highest BCUT2D eigenvalue weighted by molar-refractivity contribution is 5.71. The van der Waals surface area contributed by atoms with Crippen LogP contribution in [0, 0.1) is 17.5 Å². The van der Waals surface area contributed by atoms with Crippen molar-refractivity contribution >= 4 is 0 Å². The average Bonchev–Trinajstić information content (AvgIpc) is 2.95. The molecule has 0 N–H and O–H groups in total. The molecule has 1 aliphatic heterocycles.